The van der Waals surface area contributed by atoms with Crippen LogP contribution in [-0.4, -0.2) is 93.7 Å². The molecule has 1 heterocycles. The Morgan fingerprint density at radius 1 is 1.20 bits per heavy atom. The van der Waals surface area contributed by atoms with Gasteiger partial charge in [-0.2, -0.15) is 0 Å². The molecule has 1 saturated heterocycles. The predicted octanol–water partition coefficient (Wildman–Crippen LogP) is -0.562. The van der Waals surface area contributed by atoms with Gasteiger partial charge in [0.2, 0.25) is 5.91 Å². The summed E-state index contributed by atoms with van der Waals surface area (Å²) in [4.78, 5) is 29.0. The first-order valence-corrected chi connectivity index (χ1v) is 6.99. The molecular formula is C13H26N4O3. The van der Waals surface area contributed by atoms with Gasteiger partial charge in [0.1, 0.15) is 0 Å². The van der Waals surface area contributed by atoms with E-state index >= 15 is 0 Å². The lowest BCUT2D eigenvalue weighted by Gasteiger charge is -2.35. The van der Waals surface area contributed by atoms with Gasteiger partial charge in [-0.15, -0.1) is 0 Å². The third kappa shape index (κ3) is 5.75. The summed E-state index contributed by atoms with van der Waals surface area (Å²) in [5.41, 5.74) is 0. The fraction of sp³-hybridized carbons (Fsp3) is 0.846. The number of hydrogen-bond acceptors (Lipinski definition) is 4. The van der Waals surface area contributed by atoms with Gasteiger partial charge in [-0.3, -0.25) is 9.69 Å². The first-order valence-electron chi connectivity index (χ1n) is 6.99. The summed E-state index contributed by atoms with van der Waals surface area (Å²) in [6.07, 6.45) is 0.827. The van der Waals surface area contributed by atoms with E-state index in [1.54, 1.807) is 26.1 Å². The van der Waals surface area contributed by atoms with Crippen molar-refractivity contribution in [3.05, 3.63) is 0 Å². The standard InChI is InChI=1S/C13H26N4O3/c1-15(2)13(19)17-8-6-16(7-9-17)11-12(18)14-5-4-10-20-3/h4-11H2,1-3H3,(H,14,18). The number of rotatable bonds is 6. The van der Waals surface area contributed by atoms with Crippen molar-refractivity contribution < 1.29 is 14.3 Å². The van der Waals surface area contributed by atoms with E-state index in [1.807, 2.05) is 4.90 Å². The Balaban J connectivity index is 2.18. The SMILES string of the molecule is COCCCNC(=O)CN1CCN(C(=O)N(C)C)CC1. The topological polar surface area (TPSA) is 65.1 Å². The van der Waals surface area contributed by atoms with E-state index in [2.05, 4.69) is 10.2 Å². The molecule has 0 aromatic heterocycles. The second kappa shape index (κ2) is 8.76. The summed E-state index contributed by atoms with van der Waals surface area (Å²) in [5, 5.41) is 2.87. The largest absolute Gasteiger partial charge is 0.385 e. The van der Waals surface area contributed by atoms with E-state index in [0.717, 1.165) is 19.5 Å². The number of ether oxygens (including phenoxy) is 1. The van der Waals surface area contributed by atoms with Crippen molar-refractivity contribution in [3.8, 4) is 0 Å². The fourth-order valence-corrected chi connectivity index (χ4v) is 2.08. The van der Waals surface area contributed by atoms with Gasteiger partial charge in [0.25, 0.3) is 0 Å². The molecule has 1 aliphatic rings. The lowest BCUT2D eigenvalue weighted by molar-refractivity contribution is -0.122. The van der Waals surface area contributed by atoms with Gasteiger partial charge in [-0.25, -0.2) is 4.79 Å². The van der Waals surface area contributed by atoms with Crippen LogP contribution in [0, 0.1) is 0 Å². The Labute approximate surface area is 120 Å². The monoisotopic (exact) mass is 286 g/mol. The molecule has 3 amide bonds. The molecule has 0 bridgehead atoms. The average molecular weight is 286 g/mol. The highest BCUT2D eigenvalue weighted by atomic mass is 16.5. The van der Waals surface area contributed by atoms with Crippen molar-refractivity contribution in [1.29, 1.82) is 0 Å². The maximum absolute atomic E-state index is 11.8. The fourth-order valence-electron chi connectivity index (χ4n) is 2.08. The van der Waals surface area contributed by atoms with E-state index in [4.69, 9.17) is 4.74 Å². The Morgan fingerprint density at radius 2 is 1.85 bits per heavy atom. The van der Waals surface area contributed by atoms with Crippen LogP contribution in [0.25, 0.3) is 0 Å². The van der Waals surface area contributed by atoms with Gasteiger partial charge in [-0.1, -0.05) is 0 Å². The summed E-state index contributed by atoms with van der Waals surface area (Å²) < 4.78 is 4.92. The quantitative estimate of drug-likeness (QED) is 0.665. The minimum Gasteiger partial charge on any atom is -0.385 e. The molecule has 7 heteroatoms. The van der Waals surface area contributed by atoms with E-state index in [9.17, 15) is 9.59 Å². The number of methoxy groups -OCH3 is 1. The van der Waals surface area contributed by atoms with Crippen LogP contribution in [0.1, 0.15) is 6.42 Å². The predicted molar refractivity (Wildman–Crippen MR) is 76.6 cm³/mol. The van der Waals surface area contributed by atoms with Crippen LogP contribution >= 0.6 is 0 Å². The van der Waals surface area contributed by atoms with Crippen molar-refractivity contribution in [2.75, 3.05) is 67.1 Å². The third-order valence-corrected chi connectivity index (χ3v) is 3.24. The van der Waals surface area contributed by atoms with Crippen molar-refractivity contribution >= 4 is 11.9 Å². The Morgan fingerprint density at radius 3 is 2.40 bits per heavy atom. The van der Waals surface area contributed by atoms with Crippen LogP contribution in [0.15, 0.2) is 0 Å². The number of piperazine rings is 1. The average Bonchev–Trinajstić information content (AvgIpc) is 2.43. The Bertz CT molecular complexity index is 315. The molecule has 0 radical (unpaired) electrons. The van der Waals surface area contributed by atoms with Crippen LogP contribution < -0.4 is 5.32 Å². The molecular weight excluding hydrogens is 260 g/mol. The molecule has 116 valence electrons. The lowest BCUT2D eigenvalue weighted by Crippen LogP contribution is -2.53. The molecule has 0 unspecified atom stereocenters. The van der Waals surface area contributed by atoms with Crippen molar-refractivity contribution in [2.45, 2.75) is 6.42 Å². The number of carbonyl (C=O) groups excluding carboxylic acids is 2. The number of nitrogens with zero attached hydrogens (tertiary/aromatic N) is 3. The molecule has 0 atom stereocenters. The van der Waals surface area contributed by atoms with Crippen molar-refractivity contribution in [2.24, 2.45) is 0 Å². The molecule has 1 aliphatic heterocycles. The number of carbonyl (C=O) groups is 2. The number of hydrogen-bond donors (Lipinski definition) is 1. The van der Waals surface area contributed by atoms with Gasteiger partial charge in [0.05, 0.1) is 6.54 Å². The zero-order valence-corrected chi connectivity index (χ0v) is 12.7. The van der Waals surface area contributed by atoms with Gasteiger partial charge >= 0.3 is 6.03 Å². The summed E-state index contributed by atoms with van der Waals surface area (Å²) in [6, 6.07) is 0.0358. The van der Waals surface area contributed by atoms with E-state index in [-0.39, 0.29) is 11.9 Å². The van der Waals surface area contributed by atoms with Gasteiger partial charge in [0.15, 0.2) is 0 Å². The summed E-state index contributed by atoms with van der Waals surface area (Å²) in [5.74, 6) is 0.0356. The molecule has 1 fully saturated rings. The number of urea groups is 1. The summed E-state index contributed by atoms with van der Waals surface area (Å²) in [7, 11) is 5.15. The second-order valence-corrected chi connectivity index (χ2v) is 5.14. The maximum atomic E-state index is 11.8. The van der Waals surface area contributed by atoms with Crippen LogP contribution in [0.2, 0.25) is 0 Å². The minimum absolute atomic E-state index is 0.0356. The lowest BCUT2D eigenvalue weighted by atomic mass is 10.3. The van der Waals surface area contributed by atoms with Gasteiger partial charge in [0, 0.05) is 60.5 Å². The highest BCUT2D eigenvalue weighted by Gasteiger charge is 2.22. The highest BCUT2D eigenvalue weighted by Crippen LogP contribution is 2.03. The molecule has 0 spiro atoms. The van der Waals surface area contributed by atoms with Crippen molar-refractivity contribution in [3.63, 3.8) is 0 Å². The van der Waals surface area contributed by atoms with Gasteiger partial charge in [-0.05, 0) is 6.42 Å². The van der Waals surface area contributed by atoms with Crippen molar-refractivity contribution in [1.82, 2.24) is 20.0 Å². The zero-order valence-electron chi connectivity index (χ0n) is 12.7. The molecule has 0 saturated carbocycles. The maximum Gasteiger partial charge on any atom is 0.319 e. The van der Waals surface area contributed by atoms with E-state index in [1.165, 1.54) is 0 Å². The Hall–Kier alpha value is -1.34. The molecule has 20 heavy (non-hydrogen) atoms. The molecule has 1 N–H and O–H groups in total. The first kappa shape index (κ1) is 16.7. The van der Waals surface area contributed by atoms with E-state index in [0.29, 0.717) is 32.8 Å². The molecule has 0 aromatic rings. The van der Waals surface area contributed by atoms with Gasteiger partial charge < -0.3 is 19.9 Å². The van der Waals surface area contributed by atoms with Crippen LogP contribution in [0.5, 0.6) is 0 Å². The smallest absolute Gasteiger partial charge is 0.319 e. The zero-order chi connectivity index (χ0) is 15.0. The number of amides is 3. The molecule has 1 rings (SSSR count). The molecule has 0 aliphatic carbocycles. The Kier molecular flexibility index (Phi) is 7.32. The second-order valence-electron chi connectivity index (χ2n) is 5.14. The van der Waals surface area contributed by atoms with Crippen LogP contribution in [-0.2, 0) is 9.53 Å². The highest BCUT2D eigenvalue weighted by molar-refractivity contribution is 5.78. The van der Waals surface area contributed by atoms with Crippen LogP contribution in [0.3, 0.4) is 0 Å². The van der Waals surface area contributed by atoms with E-state index < -0.39 is 0 Å². The summed E-state index contributed by atoms with van der Waals surface area (Å²) in [6.45, 7) is 4.53. The number of nitrogens with one attached hydrogen (secondary N) is 1. The van der Waals surface area contributed by atoms with Crippen LogP contribution in [0.4, 0.5) is 4.79 Å². The third-order valence-electron chi connectivity index (χ3n) is 3.24. The molecule has 0 aromatic carbocycles. The molecule has 7 nitrogen and oxygen atoms in total. The summed E-state index contributed by atoms with van der Waals surface area (Å²) >= 11 is 0. The first-order chi connectivity index (χ1) is 9.54. The minimum atomic E-state index is 0.0356. The normalized spacial score (nSPS) is 16.1.